The van der Waals surface area contributed by atoms with E-state index in [1.54, 1.807) is 0 Å². The summed E-state index contributed by atoms with van der Waals surface area (Å²) in [6, 6.07) is 23.2. The Bertz CT molecular complexity index is 1550. The van der Waals surface area contributed by atoms with Crippen molar-refractivity contribution in [3.05, 3.63) is 82.2 Å². The van der Waals surface area contributed by atoms with E-state index in [-0.39, 0.29) is 0 Å². The molecule has 142 valence electrons. The zero-order valence-electron chi connectivity index (χ0n) is 17.6. The molecule has 5 rings (SSSR count). The SMILES string of the molecule is C/C=c1\ccc2cc3cc(C)c4/c(=C/CC)ccc(cc5cc(C)c1c2c5)c4c3. The van der Waals surface area contributed by atoms with Gasteiger partial charge in [-0.05, 0) is 116 Å². The lowest BCUT2D eigenvalue weighted by atomic mass is 9.94. The van der Waals surface area contributed by atoms with E-state index in [1.165, 1.54) is 64.7 Å². The number of aryl methyl sites for hydroxylation is 2. The van der Waals surface area contributed by atoms with Crippen molar-refractivity contribution in [3.63, 3.8) is 0 Å². The Balaban J connectivity index is 2.11. The number of fused-ring (bicyclic) bond motifs is 2. The van der Waals surface area contributed by atoms with E-state index in [0.717, 1.165) is 6.42 Å². The maximum absolute atomic E-state index is 2.37. The van der Waals surface area contributed by atoms with Crippen LogP contribution in [0.4, 0.5) is 0 Å². The lowest BCUT2D eigenvalue weighted by Crippen LogP contribution is -2.04. The molecule has 5 aromatic carbocycles. The molecule has 0 unspecified atom stereocenters. The van der Waals surface area contributed by atoms with Gasteiger partial charge >= 0.3 is 0 Å². The summed E-state index contributed by atoms with van der Waals surface area (Å²) in [4.78, 5) is 0. The predicted molar refractivity (Wildman–Crippen MR) is 130 cm³/mol. The Labute approximate surface area is 171 Å². The molecule has 0 N–H and O–H groups in total. The van der Waals surface area contributed by atoms with Crippen molar-refractivity contribution in [2.45, 2.75) is 34.1 Å². The van der Waals surface area contributed by atoms with Crippen molar-refractivity contribution >= 4 is 55.2 Å². The van der Waals surface area contributed by atoms with Gasteiger partial charge in [0, 0.05) is 0 Å². The number of hydrogen-bond acceptors (Lipinski definition) is 0. The van der Waals surface area contributed by atoms with Crippen LogP contribution in [0.25, 0.3) is 55.2 Å². The number of rotatable bonds is 1. The van der Waals surface area contributed by atoms with Gasteiger partial charge < -0.3 is 0 Å². The van der Waals surface area contributed by atoms with Crippen LogP contribution in [0.3, 0.4) is 0 Å². The first-order valence-corrected chi connectivity index (χ1v) is 10.6. The van der Waals surface area contributed by atoms with Gasteiger partial charge in [0.15, 0.2) is 0 Å². The average molecular weight is 375 g/mol. The highest BCUT2D eigenvalue weighted by Gasteiger charge is 2.07. The van der Waals surface area contributed by atoms with Gasteiger partial charge in [0.2, 0.25) is 0 Å². The monoisotopic (exact) mass is 374 g/mol. The van der Waals surface area contributed by atoms with Gasteiger partial charge in [0.1, 0.15) is 0 Å². The largest absolute Gasteiger partial charge is 0.0798 e. The summed E-state index contributed by atoms with van der Waals surface area (Å²) in [7, 11) is 0. The molecule has 0 spiro atoms. The first-order chi connectivity index (χ1) is 14.1. The minimum atomic E-state index is 1.05. The summed E-state index contributed by atoms with van der Waals surface area (Å²) >= 11 is 0. The molecule has 0 aliphatic carbocycles. The molecule has 0 saturated carbocycles. The van der Waals surface area contributed by atoms with Crippen molar-refractivity contribution in [1.29, 1.82) is 0 Å². The Morgan fingerprint density at radius 3 is 1.69 bits per heavy atom. The maximum Gasteiger partial charge on any atom is -0.00789 e. The van der Waals surface area contributed by atoms with Gasteiger partial charge in [0.05, 0.1) is 0 Å². The van der Waals surface area contributed by atoms with Gasteiger partial charge in [-0.3, -0.25) is 0 Å². The minimum Gasteiger partial charge on any atom is -0.0798 e. The van der Waals surface area contributed by atoms with Crippen LogP contribution in [-0.2, 0) is 0 Å². The molecule has 0 aromatic heterocycles. The van der Waals surface area contributed by atoms with E-state index >= 15 is 0 Å². The predicted octanol–water partition coefficient (Wildman–Crippen LogP) is 6.91. The molecule has 0 aliphatic rings. The summed E-state index contributed by atoms with van der Waals surface area (Å²) < 4.78 is 0. The zero-order valence-corrected chi connectivity index (χ0v) is 17.6. The van der Waals surface area contributed by atoms with E-state index in [1.807, 2.05) is 0 Å². The Morgan fingerprint density at radius 2 is 1.17 bits per heavy atom. The third-order valence-electron chi connectivity index (χ3n) is 6.18. The highest BCUT2D eigenvalue weighted by atomic mass is 14.1. The minimum absolute atomic E-state index is 1.05. The fourth-order valence-electron chi connectivity index (χ4n) is 4.97. The zero-order chi connectivity index (χ0) is 20.1. The van der Waals surface area contributed by atoms with E-state index in [0.29, 0.717) is 0 Å². The summed E-state index contributed by atoms with van der Waals surface area (Å²) in [6.45, 7) is 8.81. The quantitative estimate of drug-likeness (QED) is 0.299. The molecule has 5 aromatic rings. The molecule has 0 heteroatoms. The lowest BCUT2D eigenvalue weighted by Gasteiger charge is -2.10. The van der Waals surface area contributed by atoms with E-state index in [9.17, 15) is 0 Å². The molecule has 0 nitrogen and oxygen atoms in total. The Morgan fingerprint density at radius 1 is 0.655 bits per heavy atom. The third-order valence-corrected chi connectivity index (χ3v) is 6.18. The standard InChI is InChI=1S/C29H26/c1-5-7-23-9-11-25-15-20-12-18(3)28-22(6-2)8-10-24(26(28)16-20)14-21-13-19(4)29(23)27(25)17-21/h6-17H,5H2,1-4H3/b22-6+,23-7+,24-14?,25-15?. The molecule has 0 saturated heterocycles. The van der Waals surface area contributed by atoms with E-state index < -0.39 is 0 Å². The molecule has 0 atom stereocenters. The number of benzene rings is 4. The number of hydrogen-bond donors (Lipinski definition) is 0. The summed E-state index contributed by atoms with van der Waals surface area (Å²) in [5, 5.41) is 13.2. The summed E-state index contributed by atoms with van der Waals surface area (Å²) in [6.07, 6.45) is 5.60. The van der Waals surface area contributed by atoms with Crippen LogP contribution in [0, 0.1) is 13.8 Å². The average Bonchev–Trinajstić information content (AvgIpc) is 2.70. The van der Waals surface area contributed by atoms with Gasteiger partial charge in [-0.25, -0.2) is 0 Å². The second-order valence-corrected chi connectivity index (χ2v) is 8.20. The summed E-state index contributed by atoms with van der Waals surface area (Å²) in [5.74, 6) is 0. The summed E-state index contributed by atoms with van der Waals surface area (Å²) in [5.41, 5.74) is 2.68. The Hall–Kier alpha value is -3.12. The van der Waals surface area contributed by atoms with Crippen LogP contribution in [0.1, 0.15) is 31.4 Å². The molecule has 0 fully saturated rings. The molecule has 29 heavy (non-hydrogen) atoms. The molecule has 0 amide bonds. The smallest absolute Gasteiger partial charge is 0.00789 e. The van der Waals surface area contributed by atoms with Gasteiger partial charge in [-0.15, -0.1) is 0 Å². The molecule has 0 aliphatic heterocycles. The van der Waals surface area contributed by atoms with Crippen molar-refractivity contribution in [2.75, 3.05) is 0 Å². The lowest BCUT2D eigenvalue weighted by molar-refractivity contribution is 1.29. The molecule has 4 bridgehead atoms. The van der Waals surface area contributed by atoms with Crippen molar-refractivity contribution in [2.24, 2.45) is 0 Å². The van der Waals surface area contributed by atoms with Crippen LogP contribution >= 0.6 is 0 Å². The second-order valence-electron chi connectivity index (χ2n) is 8.20. The Kier molecular flexibility index (Phi) is 4.17. The van der Waals surface area contributed by atoms with Crippen LogP contribution in [0.15, 0.2) is 60.7 Å². The third kappa shape index (κ3) is 2.83. The molecule has 0 heterocycles. The van der Waals surface area contributed by atoms with Crippen LogP contribution in [0.5, 0.6) is 0 Å². The highest BCUT2D eigenvalue weighted by Crippen LogP contribution is 2.29. The molecule has 0 radical (unpaired) electrons. The first kappa shape index (κ1) is 17.9. The fraction of sp³-hybridized carbons (Fsp3) is 0.172. The van der Waals surface area contributed by atoms with Crippen LogP contribution < -0.4 is 10.4 Å². The van der Waals surface area contributed by atoms with Gasteiger partial charge in [0.25, 0.3) is 0 Å². The van der Waals surface area contributed by atoms with E-state index in [2.05, 4.69) is 101 Å². The van der Waals surface area contributed by atoms with Crippen LogP contribution in [-0.4, -0.2) is 0 Å². The van der Waals surface area contributed by atoms with Gasteiger partial charge in [-0.1, -0.05) is 55.5 Å². The van der Waals surface area contributed by atoms with Gasteiger partial charge in [-0.2, -0.15) is 0 Å². The maximum atomic E-state index is 2.37. The van der Waals surface area contributed by atoms with Crippen molar-refractivity contribution in [3.8, 4) is 0 Å². The topological polar surface area (TPSA) is 0 Å². The highest BCUT2D eigenvalue weighted by molar-refractivity contribution is 6.08. The van der Waals surface area contributed by atoms with Crippen LogP contribution in [0.2, 0.25) is 0 Å². The van der Waals surface area contributed by atoms with Crippen molar-refractivity contribution < 1.29 is 0 Å². The normalized spacial score (nSPS) is 13.4. The van der Waals surface area contributed by atoms with E-state index in [4.69, 9.17) is 0 Å². The molecular weight excluding hydrogens is 348 g/mol. The molecular formula is C29H26. The first-order valence-electron chi connectivity index (χ1n) is 10.6. The second kappa shape index (κ2) is 6.74. The van der Waals surface area contributed by atoms with Crippen molar-refractivity contribution in [1.82, 2.24) is 0 Å². The fourth-order valence-corrected chi connectivity index (χ4v) is 4.97.